The first kappa shape index (κ1) is 28.5. The van der Waals surface area contributed by atoms with Crippen LogP contribution in [0.5, 0.6) is 5.75 Å². The van der Waals surface area contributed by atoms with Crippen molar-refractivity contribution in [3.05, 3.63) is 66.2 Å². The first-order valence-electron chi connectivity index (χ1n) is 11.8. The van der Waals surface area contributed by atoms with Gasteiger partial charge in [-0.25, -0.2) is 0 Å². The van der Waals surface area contributed by atoms with Crippen LogP contribution in [-0.2, 0) is 10.3 Å². The molecule has 0 aliphatic rings. The number of hydrogen-bond donors (Lipinski definition) is 1. The Hall–Kier alpha value is -1.55. The summed E-state index contributed by atoms with van der Waals surface area (Å²) in [6.45, 7) is 17.9. The molecular formula is C28H44ClNO2. The molecule has 0 fully saturated rings. The number of para-hydroxylation sites is 1. The van der Waals surface area contributed by atoms with E-state index in [-0.39, 0.29) is 24.2 Å². The normalized spacial score (nSPS) is 15.7. The Bertz CT molecular complexity index is 764. The molecular weight excluding hydrogens is 418 g/mol. The van der Waals surface area contributed by atoms with Crippen LogP contribution in [0.15, 0.2) is 60.7 Å². The highest BCUT2D eigenvalue weighted by Crippen LogP contribution is 2.37. The molecule has 3 atom stereocenters. The second kappa shape index (κ2) is 12.6. The minimum Gasteiger partial charge on any atom is -0.465 e. The van der Waals surface area contributed by atoms with Crippen LogP contribution in [0.25, 0.3) is 0 Å². The number of benzene rings is 2. The van der Waals surface area contributed by atoms with Gasteiger partial charge in [-0.2, -0.15) is 0 Å². The molecule has 0 saturated heterocycles. The van der Waals surface area contributed by atoms with Gasteiger partial charge < -0.3 is 9.47 Å². The van der Waals surface area contributed by atoms with E-state index in [1.54, 1.807) is 0 Å². The molecule has 2 rings (SSSR count). The molecule has 0 saturated carbocycles. The van der Waals surface area contributed by atoms with E-state index in [0.717, 1.165) is 18.6 Å². The van der Waals surface area contributed by atoms with Gasteiger partial charge in [-0.3, -0.25) is 5.32 Å². The third-order valence-electron chi connectivity index (χ3n) is 5.77. The van der Waals surface area contributed by atoms with E-state index in [9.17, 15) is 0 Å². The summed E-state index contributed by atoms with van der Waals surface area (Å²) in [7, 11) is 0. The smallest absolute Gasteiger partial charge is 0.199 e. The maximum absolute atomic E-state index is 6.84. The maximum Gasteiger partial charge on any atom is 0.199 e. The molecule has 4 heteroatoms. The van der Waals surface area contributed by atoms with Crippen LogP contribution in [0.4, 0.5) is 0 Å². The van der Waals surface area contributed by atoms with Gasteiger partial charge >= 0.3 is 0 Å². The lowest BCUT2D eigenvalue weighted by molar-refractivity contribution is -0.217. The van der Waals surface area contributed by atoms with Crippen molar-refractivity contribution < 1.29 is 9.47 Å². The number of halogens is 1. The molecule has 0 radical (unpaired) electrons. The van der Waals surface area contributed by atoms with Crippen LogP contribution < -0.4 is 10.1 Å². The zero-order valence-electron chi connectivity index (χ0n) is 21.2. The highest BCUT2D eigenvalue weighted by atomic mass is 35.5. The second-order valence-electron chi connectivity index (χ2n) is 10.3. The first-order chi connectivity index (χ1) is 14.5. The highest BCUT2D eigenvalue weighted by Gasteiger charge is 2.44. The number of rotatable bonds is 12. The topological polar surface area (TPSA) is 30.5 Å². The van der Waals surface area contributed by atoms with E-state index >= 15 is 0 Å². The van der Waals surface area contributed by atoms with Gasteiger partial charge in [-0.1, -0.05) is 83.1 Å². The minimum absolute atomic E-state index is 0. The van der Waals surface area contributed by atoms with Gasteiger partial charge in [0, 0.05) is 5.54 Å². The zero-order valence-corrected chi connectivity index (χ0v) is 22.0. The Labute approximate surface area is 202 Å². The van der Waals surface area contributed by atoms with Crippen molar-refractivity contribution in [3.8, 4) is 5.75 Å². The van der Waals surface area contributed by atoms with Crippen LogP contribution in [0.2, 0.25) is 0 Å². The van der Waals surface area contributed by atoms with Crippen LogP contribution in [-0.4, -0.2) is 12.0 Å². The minimum atomic E-state index is -0.522. The summed E-state index contributed by atoms with van der Waals surface area (Å²) < 4.78 is 13.0. The molecule has 32 heavy (non-hydrogen) atoms. The molecule has 0 aromatic heterocycles. The first-order valence-corrected chi connectivity index (χ1v) is 11.8. The summed E-state index contributed by atoms with van der Waals surface area (Å²) in [6, 6.07) is 20.6. The van der Waals surface area contributed by atoms with E-state index in [1.165, 1.54) is 5.56 Å². The third-order valence-corrected chi connectivity index (χ3v) is 5.77. The number of ether oxygens (including phenoxy) is 2. The molecule has 0 amide bonds. The fraction of sp³-hybridized carbons (Fsp3) is 0.571. The van der Waals surface area contributed by atoms with Crippen molar-refractivity contribution in [3.63, 3.8) is 0 Å². The van der Waals surface area contributed by atoms with Gasteiger partial charge in [0.25, 0.3) is 0 Å². The standard InChI is InChI=1S/C28H43NO2.ClH/c1-21(2)19-23(5)28(20-22(3)4,29-27(7,8)25-15-11-9-12-16-25)31-24(6)30-26-17-13-10-14-18-26;/h9-18,21-24,29H,19-20H2,1-8H3;1H. The Balaban J connectivity index is 0.00000512. The lowest BCUT2D eigenvalue weighted by Gasteiger charge is -2.48. The van der Waals surface area contributed by atoms with Gasteiger partial charge in [-0.05, 0) is 69.1 Å². The van der Waals surface area contributed by atoms with E-state index in [4.69, 9.17) is 9.47 Å². The summed E-state index contributed by atoms with van der Waals surface area (Å²) in [5.74, 6) is 2.18. The van der Waals surface area contributed by atoms with Crippen LogP contribution in [0, 0.1) is 17.8 Å². The molecule has 2 aromatic rings. The van der Waals surface area contributed by atoms with E-state index in [2.05, 4.69) is 84.1 Å². The molecule has 0 heterocycles. The summed E-state index contributed by atoms with van der Waals surface area (Å²) in [4.78, 5) is 0. The van der Waals surface area contributed by atoms with Crippen LogP contribution in [0.3, 0.4) is 0 Å². The predicted octanol–water partition coefficient (Wildman–Crippen LogP) is 7.80. The molecule has 3 unspecified atom stereocenters. The zero-order chi connectivity index (χ0) is 23.1. The fourth-order valence-electron chi connectivity index (χ4n) is 4.54. The fourth-order valence-corrected chi connectivity index (χ4v) is 4.54. The number of hydrogen-bond acceptors (Lipinski definition) is 3. The Kier molecular flexibility index (Phi) is 11.2. The monoisotopic (exact) mass is 461 g/mol. The second-order valence-corrected chi connectivity index (χ2v) is 10.3. The molecule has 2 aromatic carbocycles. The molecule has 0 spiro atoms. The van der Waals surface area contributed by atoms with Crippen molar-refractivity contribution >= 4 is 12.4 Å². The van der Waals surface area contributed by atoms with Crippen molar-refractivity contribution in [2.45, 2.75) is 85.8 Å². The lowest BCUT2D eigenvalue weighted by Crippen LogP contribution is -2.61. The van der Waals surface area contributed by atoms with Gasteiger partial charge in [-0.15, -0.1) is 12.4 Å². The van der Waals surface area contributed by atoms with E-state index in [1.807, 2.05) is 37.3 Å². The molecule has 0 bridgehead atoms. The van der Waals surface area contributed by atoms with Crippen molar-refractivity contribution in [1.29, 1.82) is 0 Å². The summed E-state index contributed by atoms with van der Waals surface area (Å²) in [6.07, 6.45) is 1.59. The molecule has 0 aliphatic carbocycles. The summed E-state index contributed by atoms with van der Waals surface area (Å²) >= 11 is 0. The largest absolute Gasteiger partial charge is 0.465 e. The van der Waals surface area contributed by atoms with Crippen molar-refractivity contribution in [2.75, 3.05) is 0 Å². The average Bonchev–Trinajstić information content (AvgIpc) is 2.68. The SMILES string of the molecule is CC(C)CC(C)C(CC(C)C)(NC(C)(C)c1ccccc1)OC(C)Oc1ccccc1.Cl. The Morgan fingerprint density at radius 2 is 1.31 bits per heavy atom. The van der Waals surface area contributed by atoms with Crippen LogP contribution >= 0.6 is 12.4 Å². The average molecular weight is 462 g/mol. The van der Waals surface area contributed by atoms with Gasteiger partial charge in [0.2, 0.25) is 0 Å². The van der Waals surface area contributed by atoms with E-state index < -0.39 is 5.72 Å². The highest BCUT2D eigenvalue weighted by molar-refractivity contribution is 5.85. The molecule has 0 aliphatic heterocycles. The Morgan fingerprint density at radius 1 is 0.781 bits per heavy atom. The quantitative estimate of drug-likeness (QED) is 0.327. The molecule has 3 nitrogen and oxygen atoms in total. The number of nitrogens with one attached hydrogen (secondary N) is 1. The summed E-state index contributed by atoms with van der Waals surface area (Å²) in [5, 5.41) is 3.97. The van der Waals surface area contributed by atoms with Gasteiger partial charge in [0.15, 0.2) is 6.29 Å². The lowest BCUT2D eigenvalue weighted by atomic mass is 9.81. The van der Waals surface area contributed by atoms with Gasteiger partial charge in [0.05, 0.1) is 0 Å². The van der Waals surface area contributed by atoms with Crippen molar-refractivity contribution in [1.82, 2.24) is 5.32 Å². The third kappa shape index (κ3) is 8.42. The summed E-state index contributed by atoms with van der Waals surface area (Å²) in [5.41, 5.74) is 0.472. The molecule has 1 N–H and O–H groups in total. The van der Waals surface area contributed by atoms with Gasteiger partial charge in [0.1, 0.15) is 11.5 Å². The molecule has 180 valence electrons. The maximum atomic E-state index is 6.84. The van der Waals surface area contributed by atoms with E-state index in [0.29, 0.717) is 17.8 Å². The van der Waals surface area contributed by atoms with Crippen LogP contribution in [0.1, 0.15) is 73.8 Å². The Morgan fingerprint density at radius 3 is 1.81 bits per heavy atom. The van der Waals surface area contributed by atoms with Crippen molar-refractivity contribution in [2.24, 2.45) is 17.8 Å². The predicted molar refractivity (Wildman–Crippen MR) is 138 cm³/mol.